The Labute approximate surface area is 136 Å². The number of carboxylic acids is 1. The van der Waals surface area contributed by atoms with Crippen LogP contribution in [0.3, 0.4) is 0 Å². The van der Waals surface area contributed by atoms with E-state index in [2.05, 4.69) is 0 Å². The first-order valence-corrected chi connectivity index (χ1v) is 7.67. The van der Waals surface area contributed by atoms with Crippen molar-refractivity contribution in [2.24, 2.45) is 5.92 Å². The van der Waals surface area contributed by atoms with Gasteiger partial charge in [-0.05, 0) is 34.1 Å². The van der Waals surface area contributed by atoms with E-state index >= 15 is 0 Å². The van der Waals surface area contributed by atoms with E-state index in [-0.39, 0.29) is 44.5 Å². The van der Waals surface area contributed by atoms with Crippen LogP contribution in [0.25, 0.3) is 0 Å². The number of hydrogen-bond donors (Lipinski definition) is 1. The molecule has 23 heavy (non-hydrogen) atoms. The molecule has 132 valence electrons. The summed E-state index contributed by atoms with van der Waals surface area (Å²) in [4.78, 5) is 45.7. The first kappa shape index (κ1) is 21.1. The third-order valence-electron chi connectivity index (χ3n) is 2.87. The molecule has 0 saturated heterocycles. The largest absolute Gasteiger partial charge is 0.481 e. The molecule has 1 N–H and O–H groups in total. The van der Waals surface area contributed by atoms with E-state index in [9.17, 15) is 19.2 Å². The average molecular weight is 330 g/mol. The van der Waals surface area contributed by atoms with Crippen molar-refractivity contribution in [3.63, 3.8) is 0 Å². The van der Waals surface area contributed by atoms with E-state index in [1.165, 1.54) is 0 Å². The molecule has 0 aliphatic heterocycles. The average Bonchev–Trinajstić information content (AvgIpc) is 2.39. The number of esters is 2. The number of rotatable bonds is 10. The molecule has 0 unspecified atom stereocenters. The van der Waals surface area contributed by atoms with Gasteiger partial charge in [-0.1, -0.05) is 0 Å². The van der Waals surface area contributed by atoms with E-state index < -0.39 is 29.4 Å². The Kier molecular flexibility index (Phi) is 9.14. The predicted molar refractivity (Wildman–Crippen MR) is 81.7 cm³/mol. The van der Waals surface area contributed by atoms with Gasteiger partial charge in [0.1, 0.15) is 11.4 Å². The van der Waals surface area contributed by atoms with Gasteiger partial charge in [-0.15, -0.1) is 0 Å². The number of ketones is 1. The van der Waals surface area contributed by atoms with Crippen molar-refractivity contribution in [3.05, 3.63) is 0 Å². The maximum Gasteiger partial charge on any atom is 0.307 e. The lowest BCUT2D eigenvalue weighted by Gasteiger charge is -2.20. The van der Waals surface area contributed by atoms with Crippen molar-refractivity contribution in [3.8, 4) is 0 Å². The zero-order chi connectivity index (χ0) is 18.0. The molecule has 0 aromatic carbocycles. The Hall–Kier alpha value is -1.92. The second-order valence-electron chi connectivity index (χ2n) is 6.21. The topological polar surface area (TPSA) is 107 Å². The minimum absolute atomic E-state index is 0.000824. The first-order chi connectivity index (χ1) is 10.5. The molecule has 0 rings (SSSR count). The van der Waals surface area contributed by atoms with Gasteiger partial charge in [0.25, 0.3) is 0 Å². The Balaban J connectivity index is 4.28. The molecular weight excluding hydrogens is 304 g/mol. The molecule has 7 heteroatoms. The van der Waals surface area contributed by atoms with Crippen LogP contribution in [0, 0.1) is 5.92 Å². The molecule has 0 heterocycles. The van der Waals surface area contributed by atoms with E-state index in [1.807, 2.05) is 0 Å². The van der Waals surface area contributed by atoms with Gasteiger partial charge >= 0.3 is 17.9 Å². The van der Waals surface area contributed by atoms with E-state index in [0.29, 0.717) is 0 Å². The molecule has 7 nitrogen and oxygen atoms in total. The summed E-state index contributed by atoms with van der Waals surface area (Å²) in [5.41, 5.74) is -0.685. The normalized spacial score (nSPS) is 12.3. The third-order valence-corrected chi connectivity index (χ3v) is 2.87. The van der Waals surface area contributed by atoms with Crippen molar-refractivity contribution >= 4 is 23.7 Å². The van der Waals surface area contributed by atoms with Crippen molar-refractivity contribution < 1.29 is 33.8 Å². The standard InChI is InChI=1S/C16H26O7/c1-5-22-13(18)9-8-12(17)7-6-11(15(20)21)10-14(19)23-16(2,3)4/h11H,5-10H2,1-4H3,(H,20,21)/t11-/m1/s1. The number of Topliss-reactive ketones (excluding diaryl/α,β-unsaturated/α-hetero) is 1. The predicted octanol–water partition coefficient (Wildman–Crippen LogP) is 2.11. The second kappa shape index (κ2) is 9.97. The maximum atomic E-state index is 11.7. The molecule has 1 atom stereocenters. The summed E-state index contributed by atoms with van der Waals surface area (Å²) in [6.45, 7) is 7.01. The van der Waals surface area contributed by atoms with Crippen molar-refractivity contribution in [1.29, 1.82) is 0 Å². The summed E-state index contributed by atoms with van der Waals surface area (Å²) in [7, 11) is 0. The third kappa shape index (κ3) is 11.3. The van der Waals surface area contributed by atoms with Gasteiger partial charge in [-0.2, -0.15) is 0 Å². The minimum Gasteiger partial charge on any atom is -0.481 e. The first-order valence-electron chi connectivity index (χ1n) is 7.67. The molecule has 0 aromatic heterocycles. The van der Waals surface area contributed by atoms with Crippen LogP contribution >= 0.6 is 0 Å². The van der Waals surface area contributed by atoms with Gasteiger partial charge < -0.3 is 14.6 Å². The molecule has 0 spiro atoms. The SMILES string of the molecule is CCOC(=O)CCC(=O)CC[C@H](CC(=O)OC(C)(C)C)C(=O)O. The zero-order valence-electron chi connectivity index (χ0n) is 14.2. The van der Waals surface area contributed by atoms with Crippen LogP contribution in [0.4, 0.5) is 0 Å². The van der Waals surface area contributed by atoms with E-state index in [1.54, 1.807) is 27.7 Å². The molecule has 0 fully saturated rings. The van der Waals surface area contributed by atoms with Crippen molar-refractivity contribution in [2.75, 3.05) is 6.61 Å². The number of hydrogen-bond acceptors (Lipinski definition) is 6. The Bertz CT molecular complexity index is 434. The number of ether oxygens (including phenoxy) is 2. The van der Waals surface area contributed by atoms with Gasteiger partial charge in [-0.25, -0.2) is 0 Å². The fourth-order valence-corrected chi connectivity index (χ4v) is 1.83. The van der Waals surface area contributed by atoms with Crippen LogP contribution in [0.1, 0.15) is 59.8 Å². The van der Waals surface area contributed by atoms with Crippen LogP contribution in [0.5, 0.6) is 0 Å². The zero-order valence-corrected chi connectivity index (χ0v) is 14.2. The fraction of sp³-hybridized carbons (Fsp3) is 0.750. The van der Waals surface area contributed by atoms with Crippen LogP contribution in [-0.2, 0) is 28.7 Å². The minimum atomic E-state index is -1.14. The Morgan fingerprint density at radius 2 is 1.61 bits per heavy atom. The summed E-state index contributed by atoms with van der Waals surface area (Å²) in [5.74, 6) is -3.41. The molecule has 0 radical (unpaired) electrons. The molecule has 0 bridgehead atoms. The Morgan fingerprint density at radius 3 is 2.09 bits per heavy atom. The molecule has 0 amide bonds. The highest BCUT2D eigenvalue weighted by Crippen LogP contribution is 2.17. The van der Waals surface area contributed by atoms with E-state index in [0.717, 1.165) is 0 Å². The van der Waals surface area contributed by atoms with Crippen molar-refractivity contribution in [1.82, 2.24) is 0 Å². The van der Waals surface area contributed by atoms with E-state index in [4.69, 9.17) is 14.6 Å². The van der Waals surface area contributed by atoms with Gasteiger partial charge in [0.2, 0.25) is 0 Å². The van der Waals surface area contributed by atoms with Gasteiger partial charge in [0.05, 0.1) is 25.4 Å². The lowest BCUT2D eigenvalue weighted by atomic mass is 9.97. The highest BCUT2D eigenvalue weighted by atomic mass is 16.6. The fourth-order valence-electron chi connectivity index (χ4n) is 1.83. The monoisotopic (exact) mass is 330 g/mol. The quantitative estimate of drug-likeness (QED) is 0.611. The lowest BCUT2D eigenvalue weighted by molar-refractivity contribution is -0.160. The number of carbonyl (C=O) groups is 4. The lowest BCUT2D eigenvalue weighted by Crippen LogP contribution is -2.27. The number of carbonyl (C=O) groups excluding carboxylic acids is 3. The number of carboxylic acid groups (broad SMARTS) is 1. The summed E-state index contributed by atoms with van der Waals surface area (Å²) < 4.78 is 9.79. The van der Waals surface area contributed by atoms with Gasteiger partial charge in [0.15, 0.2) is 0 Å². The highest BCUT2D eigenvalue weighted by molar-refractivity contribution is 5.84. The van der Waals surface area contributed by atoms with Crippen molar-refractivity contribution in [2.45, 2.75) is 65.4 Å². The number of aliphatic carboxylic acids is 1. The maximum absolute atomic E-state index is 11.7. The highest BCUT2D eigenvalue weighted by Gasteiger charge is 2.25. The Morgan fingerprint density at radius 1 is 1.00 bits per heavy atom. The summed E-state index contributed by atoms with van der Waals surface area (Å²) in [6, 6.07) is 0. The van der Waals surface area contributed by atoms with Crippen LogP contribution in [-0.4, -0.2) is 41.0 Å². The van der Waals surface area contributed by atoms with Gasteiger partial charge in [-0.3, -0.25) is 19.2 Å². The molecular formula is C16H26O7. The molecule has 0 saturated carbocycles. The summed E-state index contributed by atoms with van der Waals surface area (Å²) >= 11 is 0. The summed E-state index contributed by atoms with van der Waals surface area (Å²) in [5, 5.41) is 9.13. The second-order valence-corrected chi connectivity index (χ2v) is 6.21. The summed E-state index contributed by atoms with van der Waals surface area (Å²) in [6.07, 6.45) is -0.249. The van der Waals surface area contributed by atoms with Crippen LogP contribution in [0.15, 0.2) is 0 Å². The molecule has 0 aliphatic carbocycles. The molecule has 0 aromatic rings. The van der Waals surface area contributed by atoms with Crippen LogP contribution < -0.4 is 0 Å². The van der Waals surface area contributed by atoms with Crippen LogP contribution in [0.2, 0.25) is 0 Å². The smallest absolute Gasteiger partial charge is 0.307 e. The van der Waals surface area contributed by atoms with Gasteiger partial charge in [0, 0.05) is 12.8 Å². The molecule has 0 aliphatic rings.